The number of carbonyl (C=O) groups excluding carboxylic acids is 1. The van der Waals surface area contributed by atoms with Crippen molar-refractivity contribution < 1.29 is 9.90 Å². The highest BCUT2D eigenvalue weighted by molar-refractivity contribution is 5.99. The quantitative estimate of drug-likeness (QED) is 0.850. The van der Waals surface area contributed by atoms with Gasteiger partial charge >= 0.3 is 0 Å². The van der Waals surface area contributed by atoms with Crippen molar-refractivity contribution in [1.82, 2.24) is 9.47 Å². The zero-order valence-corrected chi connectivity index (χ0v) is 15.5. The normalized spacial score (nSPS) is 16.3. The molecule has 4 nitrogen and oxygen atoms in total. The van der Waals surface area contributed by atoms with Crippen molar-refractivity contribution in [3.05, 3.63) is 52.8 Å². The van der Waals surface area contributed by atoms with Crippen LogP contribution in [0.15, 0.2) is 30.3 Å². The predicted molar refractivity (Wildman–Crippen MR) is 101 cm³/mol. The molecule has 0 amide bonds. The van der Waals surface area contributed by atoms with E-state index in [9.17, 15) is 9.90 Å². The molecule has 1 aliphatic rings. The molecule has 0 unspecified atom stereocenters. The summed E-state index contributed by atoms with van der Waals surface area (Å²) in [5.41, 5.74) is 5.25. The van der Waals surface area contributed by atoms with Crippen molar-refractivity contribution >= 4 is 5.78 Å². The average Bonchev–Trinajstić information content (AvgIpc) is 2.91. The average molecular weight is 340 g/mol. The van der Waals surface area contributed by atoms with Crippen LogP contribution in [0.3, 0.4) is 0 Å². The van der Waals surface area contributed by atoms with Crippen molar-refractivity contribution in [3.63, 3.8) is 0 Å². The summed E-state index contributed by atoms with van der Waals surface area (Å²) in [6, 6.07) is 10.4. The SMILES string of the molecule is Cc1ccc(-n2c(C)cc(C(=O)CN3CCC(CO)CC3)c2C)cc1. The third-order valence-electron chi connectivity index (χ3n) is 5.36. The number of aryl methyl sites for hydroxylation is 2. The number of benzene rings is 1. The molecule has 1 saturated heterocycles. The first-order chi connectivity index (χ1) is 12.0. The molecule has 0 atom stereocenters. The van der Waals surface area contributed by atoms with Crippen LogP contribution in [0.1, 0.15) is 40.2 Å². The maximum Gasteiger partial charge on any atom is 0.178 e. The first kappa shape index (κ1) is 17.9. The van der Waals surface area contributed by atoms with Gasteiger partial charge in [-0.25, -0.2) is 0 Å². The summed E-state index contributed by atoms with van der Waals surface area (Å²) in [7, 11) is 0. The molecule has 1 fully saturated rings. The van der Waals surface area contributed by atoms with E-state index >= 15 is 0 Å². The van der Waals surface area contributed by atoms with Crippen molar-refractivity contribution in [2.24, 2.45) is 5.92 Å². The number of hydrogen-bond acceptors (Lipinski definition) is 3. The number of likely N-dealkylation sites (tertiary alicyclic amines) is 1. The maximum absolute atomic E-state index is 12.8. The lowest BCUT2D eigenvalue weighted by molar-refractivity contribution is 0.0863. The van der Waals surface area contributed by atoms with E-state index in [1.165, 1.54) is 5.56 Å². The lowest BCUT2D eigenvalue weighted by Gasteiger charge is -2.30. The molecule has 0 saturated carbocycles. The fourth-order valence-corrected chi connectivity index (χ4v) is 3.75. The van der Waals surface area contributed by atoms with Gasteiger partial charge in [-0.3, -0.25) is 9.69 Å². The van der Waals surface area contributed by atoms with Crippen LogP contribution >= 0.6 is 0 Å². The fraction of sp³-hybridized carbons (Fsp3) is 0.476. The summed E-state index contributed by atoms with van der Waals surface area (Å²) >= 11 is 0. The minimum absolute atomic E-state index is 0.189. The number of hydrogen-bond donors (Lipinski definition) is 1. The Labute approximate surface area is 150 Å². The third-order valence-corrected chi connectivity index (χ3v) is 5.36. The Hall–Kier alpha value is -1.91. The highest BCUT2D eigenvalue weighted by atomic mass is 16.3. The number of aliphatic hydroxyl groups is 1. The van der Waals surface area contributed by atoms with Crippen LogP contribution in [-0.4, -0.2) is 46.6 Å². The number of Topliss-reactive ketones (excluding diaryl/α,β-unsaturated/α-hetero) is 1. The smallest absolute Gasteiger partial charge is 0.178 e. The Morgan fingerprint density at radius 1 is 1.12 bits per heavy atom. The Bertz CT molecular complexity index is 738. The highest BCUT2D eigenvalue weighted by Crippen LogP contribution is 2.23. The standard InChI is InChI=1S/C21H28N2O2/c1-15-4-6-19(7-5-15)23-16(2)12-20(17(23)3)21(25)13-22-10-8-18(14-24)9-11-22/h4-7,12,18,24H,8-11,13-14H2,1-3H3. The van der Waals surface area contributed by atoms with Gasteiger partial charge in [0.25, 0.3) is 0 Å². The minimum atomic E-state index is 0.189. The van der Waals surface area contributed by atoms with Crippen molar-refractivity contribution in [2.45, 2.75) is 33.6 Å². The van der Waals surface area contributed by atoms with Gasteiger partial charge in [0.15, 0.2) is 5.78 Å². The van der Waals surface area contributed by atoms with E-state index in [1.54, 1.807) is 0 Å². The van der Waals surface area contributed by atoms with Gasteiger partial charge in [-0.15, -0.1) is 0 Å². The van der Waals surface area contributed by atoms with Gasteiger partial charge in [-0.2, -0.15) is 0 Å². The van der Waals surface area contributed by atoms with Crippen LogP contribution in [0.5, 0.6) is 0 Å². The zero-order chi connectivity index (χ0) is 18.0. The molecule has 2 heterocycles. The number of rotatable bonds is 5. The largest absolute Gasteiger partial charge is 0.396 e. The highest BCUT2D eigenvalue weighted by Gasteiger charge is 2.23. The van der Waals surface area contributed by atoms with Gasteiger partial charge in [-0.05, 0) is 70.8 Å². The first-order valence-corrected chi connectivity index (χ1v) is 9.12. The Morgan fingerprint density at radius 2 is 1.76 bits per heavy atom. The van der Waals surface area contributed by atoms with E-state index in [0.717, 1.165) is 48.6 Å². The molecule has 4 heteroatoms. The maximum atomic E-state index is 12.8. The molecule has 1 aliphatic heterocycles. The first-order valence-electron chi connectivity index (χ1n) is 9.12. The van der Waals surface area contributed by atoms with Crippen molar-refractivity contribution in [3.8, 4) is 5.69 Å². The molecule has 2 aromatic rings. The van der Waals surface area contributed by atoms with Crippen LogP contribution in [0.2, 0.25) is 0 Å². The summed E-state index contributed by atoms with van der Waals surface area (Å²) in [5.74, 6) is 0.590. The number of aliphatic hydroxyl groups excluding tert-OH is 1. The molecule has 0 bridgehead atoms. The molecule has 25 heavy (non-hydrogen) atoms. The zero-order valence-electron chi connectivity index (χ0n) is 15.5. The van der Waals surface area contributed by atoms with Crippen LogP contribution in [0, 0.1) is 26.7 Å². The van der Waals surface area contributed by atoms with Crippen molar-refractivity contribution in [2.75, 3.05) is 26.2 Å². The number of ketones is 1. The second-order valence-corrected chi connectivity index (χ2v) is 7.28. The second kappa shape index (κ2) is 7.54. The van der Waals surface area contributed by atoms with Crippen LogP contribution in [0.4, 0.5) is 0 Å². The molecular formula is C21H28N2O2. The monoisotopic (exact) mass is 340 g/mol. The Morgan fingerprint density at radius 3 is 2.36 bits per heavy atom. The number of piperidine rings is 1. The summed E-state index contributed by atoms with van der Waals surface area (Å²) < 4.78 is 2.16. The summed E-state index contributed by atoms with van der Waals surface area (Å²) in [6.07, 6.45) is 1.96. The van der Waals surface area contributed by atoms with Gasteiger partial charge in [0.1, 0.15) is 0 Å². The van der Waals surface area contributed by atoms with E-state index in [4.69, 9.17) is 0 Å². The summed E-state index contributed by atoms with van der Waals surface area (Å²) in [4.78, 5) is 15.0. The molecule has 1 N–H and O–H groups in total. The van der Waals surface area contributed by atoms with Crippen LogP contribution in [0.25, 0.3) is 5.69 Å². The Kier molecular flexibility index (Phi) is 5.40. The van der Waals surface area contributed by atoms with E-state index in [1.807, 2.05) is 13.0 Å². The van der Waals surface area contributed by atoms with E-state index < -0.39 is 0 Å². The van der Waals surface area contributed by atoms with Gasteiger partial charge < -0.3 is 9.67 Å². The molecule has 0 radical (unpaired) electrons. The molecular weight excluding hydrogens is 312 g/mol. The third kappa shape index (κ3) is 3.86. The van der Waals surface area contributed by atoms with Crippen LogP contribution < -0.4 is 0 Å². The minimum Gasteiger partial charge on any atom is -0.396 e. The van der Waals surface area contributed by atoms with E-state index in [0.29, 0.717) is 12.5 Å². The van der Waals surface area contributed by atoms with E-state index in [2.05, 4.69) is 47.6 Å². The topological polar surface area (TPSA) is 45.5 Å². The number of carbonyl (C=O) groups is 1. The molecule has 0 aliphatic carbocycles. The summed E-state index contributed by atoms with van der Waals surface area (Å²) in [6.45, 7) is 8.68. The number of nitrogens with zero attached hydrogens (tertiary/aromatic N) is 2. The molecule has 1 aromatic heterocycles. The lowest BCUT2D eigenvalue weighted by Crippen LogP contribution is -2.38. The molecule has 0 spiro atoms. The van der Waals surface area contributed by atoms with Crippen molar-refractivity contribution in [1.29, 1.82) is 0 Å². The number of aromatic nitrogens is 1. The predicted octanol–water partition coefficient (Wildman–Crippen LogP) is 3.29. The molecule has 3 rings (SSSR count). The van der Waals surface area contributed by atoms with Gasteiger partial charge in [-0.1, -0.05) is 17.7 Å². The fourth-order valence-electron chi connectivity index (χ4n) is 3.75. The molecule has 134 valence electrons. The van der Waals surface area contributed by atoms with E-state index in [-0.39, 0.29) is 12.4 Å². The van der Waals surface area contributed by atoms with Gasteiger partial charge in [0.2, 0.25) is 0 Å². The second-order valence-electron chi connectivity index (χ2n) is 7.28. The van der Waals surface area contributed by atoms with Crippen LogP contribution in [-0.2, 0) is 0 Å². The Balaban J connectivity index is 1.76. The molecule has 1 aromatic carbocycles. The lowest BCUT2D eigenvalue weighted by atomic mass is 9.97. The summed E-state index contributed by atoms with van der Waals surface area (Å²) in [5, 5.41) is 9.24. The van der Waals surface area contributed by atoms with Gasteiger partial charge in [0.05, 0.1) is 6.54 Å². The van der Waals surface area contributed by atoms with Gasteiger partial charge in [0, 0.05) is 29.2 Å².